The van der Waals surface area contributed by atoms with Crippen molar-refractivity contribution in [2.24, 2.45) is 5.92 Å². The van der Waals surface area contributed by atoms with Crippen molar-refractivity contribution in [3.05, 3.63) is 48.5 Å². The van der Waals surface area contributed by atoms with E-state index >= 15 is 0 Å². The molecular formula is C16H19N3O3S. The molecule has 1 N–H and O–H groups in total. The van der Waals surface area contributed by atoms with E-state index in [2.05, 4.69) is 10.3 Å². The second kappa shape index (κ2) is 6.16. The van der Waals surface area contributed by atoms with E-state index in [0.717, 1.165) is 11.3 Å². The molecule has 0 saturated carbocycles. The van der Waals surface area contributed by atoms with Gasteiger partial charge in [0.1, 0.15) is 0 Å². The van der Waals surface area contributed by atoms with Gasteiger partial charge in [0.2, 0.25) is 5.91 Å². The highest BCUT2D eigenvalue weighted by Crippen LogP contribution is 2.21. The van der Waals surface area contributed by atoms with Crippen LogP contribution in [-0.4, -0.2) is 35.4 Å². The normalized spacial score (nSPS) is 21.0. The van der Waals surface area contributed by atoms with Gasteiger partial charge in [0.05, 0.1) is 29.8 Å². The van der Waals surface area contributed by atoms with Crippen molar-refractivity contribution >= 4 is 15.7 Å². The molecule has 2 unspecified atom stereocenters. The maximum Gasteiger partial charge on any atom is 0.224 e. The number of nitrogens with zero attached hydrogens (tertiary/aromatic N) is 2. The number of rotatable bonds is 4. The number of carbonyl (C=O) groups is 1. The molecule has 3 rings (SSSR count). The summed E-state index contributed by atoms with van der Waals surface area (Å²) in [6.45, 7) is 1.90. The first kappa shape index (κ1) is 15.7. The van der Waals surface area contributed by atoms with Gasteiger partial charge < -0.3 is 9.88 Å². The highest BCUT2D eigenvalue weighted by molar-refractivity contribution is 7.91. The molecule has 1 amide bonds. The molecule has 1 aliphatic heterocycles. The van der Waals surface area contributed by atoms with Crippen LogP contribution in [0.25, 0.3) is 5.69 Å². The Bertz CT molecular complexity index is 782. The van der Waals surface area contributed by atoms with Crippen LogP contribution in [0.3, 0.4) is 0 Å². The maximum absolute atomic E-state index is 12.2. The van der Waals surface area contributed by atoms with Crippen LogP contribution in [0, 0.1) is 5.92 Å². The van der Waals surface area contributed by atoms with Gasteiger partial charge in [-0.25, -0.2) is 13.4 Å². The van der Waals surface area contributed by atoms with E-state index < -0.39 is 15.8 Å². The molecule has 23 heavy (non-hydrogen) atoms. The number of carbonyl (C=O) groups excluding carboxylic acids is 1. The number of hydrogen-bond donors (Lipinski definition) is 1. The van der Waals surface area contributed by atoms with Crippen LogP contribution in [0.2, 0.25) is 0 Å². The van der Waals surface area contributed by atoms with Crippen LogP contribution in [0.5, 0.6) is 0 Å². The van der Waals surface area contributed by atoms with Gasteiger partial charge in [-0.15, -0.1) is 0 Å². The molecule has 0 radical (unpaired) electrons. The zero-order chi connectivity index (χ0) is 16.4. The van der Waals surface area contributed by atoms with Crippen LogP contribution in [0.15, 0.2) is 43.0 Å². The zero-order valence-electron chi connectivity index (χ0n) is 12.8. The van der Waals surface area contributed by atoms with Crippen molar-refractivity contribution in [3.63, 3.8) is 0 Å². The number of nitrogens with one attached hydrogen (secondary N) is 1. The van der Waals surface area contributed by atoms with E-state index in [1.165, 1.54) is 0 Å². The molecule has 1 saturated heterocycles. The second-order valence-electron chi connectivity index (χ2n) is 5.89. The van der Waals surface area contributed by atoms with Gasteiger partial charge in [0.15, 0.2) is 9.84 Å². The van der Waals surface area contributed by atoms with Crippen molar-refractivity contribution in [1.82, 2.24) is 14.9 Å². The zero-order valence-corrected chi connectivity index (χ0v) is 13.7. The van der Waals surface area contributed by atoms with Crippen LogP contribution in [0.1, 0.15) is 24.9 Å². The highest BCUT2D eigenvalue weighted by atomic mass is 32.2. The first-order chi connectivity index (χ1) is 10.9. The number of sulfone groups is 1. The predicted octanol–water partition coefficient (Wildman–Crippen LogP) is 1.48. The summed E-state index contributed by atoms with van der Waals surface area (Å²) in [5, 5.41) is 2.91. The number of amides is 1. The van der Waals surface area contributed by atoms with E-state index in [-0.39, 0.29) is 23.5 Å². The lowest BCUT2D eigenvalue weighted by Crippen LogP contribution is -2.33. The number of hydrogen-bond acceptors (Lipinski definition) is 4. The Morgan fingerprint density at radius 1 is 1.35 bits per heavy atom. The van der Waals surface area contributed by atoms with E-state index in [1.54, 1.807) is 12.5 Å². The van der Waals surface area contributed by atoms with Gasteiger partial charge in [-0.1, -0.05) is 12.1 Å². The quantitative estimate of drug-likeness (QED) is 0.919. The minimum Gasteiger partial charge on any atom is -0.349 e. The summed E-state index contributed by atoms with van der Waals surface area (Å²) < 4.78 is 24.8. The fourth-order valence-electron chi connectivity index (χ4n) is 2.76. The van der Waals surface area contributed by atoms with Crippen molar-refractivity contribution in [2.45, 2.75) is 19.4 Å². The number of aromatic nitrogens is 2. The molecule has 1 aromatic heterocycles. The average molecular weight is 333 g/mol. The van der Waals surface area contributed by atoms with Gasteiger partial charge in [-0.2, -0.15) is 0 Å². The average Bonchev–Trinajstić information content (AvgIpc) is 3.16. The maximum atomic E-state index is 12.2. The summed E-state index contributed by atoms with van der Waals surface area (Å²) in [4.78, 5) is 16.2. The molecule has 0 spiro atoms. The molecule has 7 heteroatoms. The van der Waals surface area contributed by atoms with Gasteiger partial charge in [-0.3, -0.25) is 4.79 Å². The molecule has 6 nitrogen and oxygen atoms in total. The molecular weight excluding hydrogens is 314 g/mol. The molecule has 2 aromatic rings. The summed E-state index contributed by atoms with van der Waals surface area (Å²) in [6.07, 6.45) is 5.72. The molecule has 2 atom stereocenters. The Labute approximate surface area is 135 Å². The van der Waals surface area contributed by atoms with E-state index in [9.17, 15) is 13.2 Å². The SMILES string of the molecule is CC(NC(=O)C1CCS(=O)(=O)C1)c1ccc(-n2ccnc2)cc1. The molecule has 2 heterocycles. The van der Waals surface area contributed by atoms with Crippen LogP contribution in [-0.2, 0) is 14.6 Å². The fraction of sp³-hybridized carbons (Fsp3) is 0.375. The molecule has 0 bridgehead atoms. The number of imidazole rings is 1. The minimum atomic E-state index is -3.04. The minimum absolute atomic E-state index is 0.0366. The van der Waals surface area contributed by atoms with Crippen LogP contribution < -0.4 is 5.32 Å². The summed E-state index contributed by atoms with van der Waals surface area (Å²) in [7, 11) is -3.04. The van der Waals surface area contributed by atoms with Crippen molar-refractivity contribution in [2.75, 3.05) is 11.5 Å². The Morgan fingerprint density at radius 3 is 2.65 bits per heavy atom. The first-order valence-corrected chi connectivity index (χ1v) is 9.36. The second-order valence-corrected chi connectivity index (χ2v) is 8.12. The standard InChI is InChI=1S/C16H19N3O3S/c1-12(18-16(20)14-6-9-23(21,22)10-14)13-2-4-15(5-3-13)19-8-7-17-11-19/h2-5,7-8,11-12,14H,6,9-10H2,1H3,(H,18,20). The largest absolute Gasteiger partial charge is 0.349 e. The lowest BCUT2D eigenvalue weighted by molar-refractivity contribution is -0.124. The van der Waals surface area contributed by atoms with E-state index in [1.807, 2.05) is 42.0 Å². The highest BCUT2D eigenvalue weighted by Gasteiger charge is 2.33. The van der Waals surface area contributed by atoms with Gasteiger partial charge >= 0.3 is 0 Å². The molecule has 1 fully saturated rings. The van der Waals surface area contributed by atoms with E-state index in [4.69, 9.17) is 0 Å². The number of benzene rings is 1. The Morgan fingerprint density at radius 2 is 2.09 bits per heavy atom. The molecule has 0 aliphatic carbocycles. The first-order valence-electron chi connectivity index (χ1n) is 7.54. The Kier molecular flexibility index (Phi) is 4.21. The fourth-order valence-corrected chi connectivity index (χ4v) is 4.50. The van der Waals surface area contributed by atoms with Crippen LogP contribution in [0.4, 0.5) is 0 Å². The van der Waals surface area contributed by atoms with Crippen molar-refractivity contribution in [1.29, 1.82) is 0 Å². The molecule has 1 aromatic carbocycles. The summed E-state index contributed by atoms with van der Waals surface area (Å²) in [5.74, 6) is -0.533. The lowest BCUT2D eigenvalue weighted by atomic mass is 10.0. The van der Waals surface area contributed by atoms with Gasteiger partial charge in [-0.05, 0) is 31.0 Å². The van der Waals surface area contributed by atoms with Gasteiger partial charge in [0.25, 0.3) is 0 Å². The predicted molar refractivity (Wildman–Crippen MR) is 86.9 cm³/mol. The van der Waals surface area contributed by atoms with Crippen LogP contribution >= 0.6 is 0 Å². The Hall–Kier alpha value is -2.15. The summed E-state index contributed by atoms with van der Waals surface area (Å²) in [5.41, 5.74) is 1.97. The third kappa shape index (κ3) is 3.61. The van der Waals surface area contributed by atoms with E-state index in [0.29, 0.717) is 6.42 Å². The van der Waals surface area contributed by atoms with Crippen molar-refractivity contribution in [3.8, 4) is 5.69 Å². The van der Waals surface area contributed by atoms with Gasteiger partial charge in [0, 0.05) is 18.1 Å². The molecule has 1 aliphatic rings. The third-order valence-corrected chi connectivity index (χ3v) is 5.93. The summed E-state index contributed by atoms with van der Waals surface area (Å²) >= 11 is 0. The summed E-state index contributed by atoms with van der Waals surface area (Å²) in [6, 6.07) is 7.65. The monoisotopic (exact) mass is 333 g/mol. The third-order valence-electron chi connectivity index (χ3n) is 4.16. The van der Waals surface area contributed by atoms with Crippen molar-refractivity contribution < 1.29 is 13.2 Å². The smallest absolute Gasteiger partial charge is 0.224 e. The molecule has 122 valence electrons. The lowest BCUT2D eigenvalue weighted by Gasteiger charge is -2.17. The topological polar surface area (TPSA) is 81.1 Å². The Balaban J connectivity index is 1.64.